The van der Waals surface area contributed by atoms with E-state index in [0.29, 0.717) is 23.9 Å². The molecule has 0 aliphatic carbocycles. The van der Waals surface area contributed by atoms with Crippen LogP contribution < -0.4 is 20.9 Å². The zero-order chi connectivity index (χ0) is 19.1. The summed E-state index contributed by atoms with van der Waals surface area (Å²) in [5.41, 5.74) is 2.86. The highest BCUT2D eigenvalue weighted by Gasteiger charge is 2.37. The predicted molar refractivity (Wildman–Crippen MR) is 113 cm³/mol. The Bertz CT molecular complexity index is 974. The molecule has 1 fully saturated rings. The van der Waals surface area contributed by atoms with Gasteiger partial charge in [-0.1, -0.05) is 6.07 Å². The number of amides is 1. The Balaban J connectivity index is 0.00000205. The number of rotatable bonds is 3. The average Bonchev–Trinajstić information content (AvgIpc) is 2.74. The molecule has 1 saturated heterocycles. The van der Waals surface area contributed by atoms with Crippen molar-refractivity contribution in [2.24, 2.45) is 5.92 Å². The molecule has 3 atom stereocenters. The monoisotopic (exact) mass is 415 g/mol. The molecule has 3 aliphatic rings. The maximum Gasteiger partial charge on any atom is 0.251 e. The van der Waals surface area contributed by atoms with Gasteiger partial charge < -0.3 is 19.9 Å². The van der Waals surface area contributed by atoms with Crippen LogP contribution in [0.2, 0.25) is 0 Å². The van der Waals surface area contributed by atoms with E-state index in [1.165, 1.54) is 0 Å². The van der Waals surface area contributed by atoms with Gasteiger partial charge in [0, 0.05) is 42.9 Å². The van der Waals surface area contributed by atoms with Crippen molar-refractivity contribution in [2.45, 2.75) is 31.2 Å². The molecule has 1 amide bonds. The van der Waals surface area contributed by atoms with Crippen LogP contribution in [0.15, 0.2) is 41.2 Å². The highest BCUT2D eigenvalue weighted by atomic mass is 35.5. The summed E-state index contributed by atoms with van der Waals surface area (Å²) in [4.78, 5) is 25.4. The first-order chi connectivity index (χ1) is 13.7. The number of hydrogen-bond acceptors (Lipinski definition) is 4. The summed E-state index contributed by atoms with van der Waals surface area (Å²) in [6, 6.07) is 11.1. The van der Waals surface area contributed by atoms with Gasteiger partial charge in [-0.2, -0.15) is 0 Å². The van der Waals surface area contributed by atoms with Crippen LogP contribution >= 0.6 is 12.4 Å². The smallest absolute Gasteiger partial charge is 0.251 e. The number of piperidine rings is 1. The molecular weight excluding hydrogens is 390 g/mol. The van der Waals surface area contributed by atoms with Gasteiger partial charge in [0.15, 0.2) is 0 Å². The molecule has 3 aliphatic heterocycles. The molecule has 29 heavy (non-hydrogen) atoms. The molecule has 154 valence electrons. The summed E-state index contributed by atoms with van der Waals surface area (Å²) >= 11 is 0. The zero-order valence-corrected chi connectivity index (χ0v) is 17.0. The lowest BCUT2D eigenvalue weighted by Crippen LogP contribution is -2.50. The number of halogens is 1. The van der Waals surface area contributed by atoms with E-state index in [2.05, 4.69) is 10.6 Å². The number of pyridine rings is 1. The van der Waals surface area contributed by atoms with Gasteiger partial charge >= 0.3 is 0 Å². The fraction of sp³-hybridized carbons (Fsp3) is 0.455. The number of ether oxygens (including phenoxy) is 1. The van der Waals surface area contributed by atoms with Gasteiger partial charge in [-0.3, -0.25) is 9.59 Å². The lowest BCUT2D eigenvalue weighted by atomic mass is 9.79. The van der Waals surface area contributed by atoms with Gasteiger partial charge in [0.1, 0.15) is 5.75 Å². The molecule has 0 radical (unpaired) electrons. The minimum atomic E-state index is -0.0928. The molecule has 1 aromatic heterocycles. The Morgan fingerprint density at radius 1 is 1.24 bits per heavy atom. The fourth-order valence-electron chi connectivity index (χ4n) is 4.97. The van der Waals surface area contributed by atoms with Crippen molar-refractivity contribution in [3.8, 4) is 5.75 Å². The fourth-order valence-corrected chi connectivity index (χ4v) is 4.97. The number of carbonyl (C=O) groups is 1. The van der Waals surface area contributed by atoms with E-state index in [-0.39, 0.29) is 29.9 Å². The topological polar surface area (TPSA) is 72.4 Å². The Labute approximate surface area is 176 Å². The standard InChI is InChI=1S/C22H25N3O3.ClH/c26-21-5-1-4-18-16-10-17(12-23-11-16)19(25(18)21)13-24-22(27)15-6-7-20-14(9-15)3-2-8-28-20;/h1,4-7,9,16-17,19,23H,2-3,8,10-13H2,(H,24,27);1H/t16-,17+,19+;/m1./s1. The number of fused-ring (bicyclic) bond motifs is 5. The Hall–Kier alpha value is -2.31. The van der Waals surface area contributed by atoms with Crippen molar-refractivity contribution in [3.05, 3.63) is 63.6 Å². The zero-order valence-electron chi connectivity index (χ0n) is 16.2. The second-order valence-electron chi connectivity index (χ2n) is 8.06. The molecule has 1 aromatic carbocycles. The molecule has 4 heterocycles. The maximum absolute atomic E-state index is 12.8. The van der Waals surface area contributed by atoms with Gasteiger partial charge in [-0.05, 0) is 55.0 Å². The number of aryl methyl sites for hydroxylation is 1. The van der Waals surface area contributed by atoms with E-state index in [1.54, 1.807) is 6.07 Å². The van der Waals surface area contributed by atoms with Crippen molar-refractivity contribution in [1.82, 2.24) is 15.2 Å². The number of hydrogen-bond donors (Lipinski definition) is 2. The predicted octanol–water partition coefficient (Wildman–Crippen LogP) is 2.27. The average molecular weight is 416 g/mol. The van der Waals surface area contributed by atoms with Gasteiger partial charge in [0.2, 0.25) is 0 Å². The van der Waals surface area contributed by atoms with E-state index < -0.39 is 0 Å². The van der Waals surface area contributed by atoms with Crippen LogP contribution in [0.5, 0.6) is 5.75 Å². The first kappa shape index (κ1) is 20.0. The summed E-state index contributed by atoms with van der Waals surface area (Å²) in [7, 11) is 0. The molecule has 0 saturated carbocycles. The van der Waals surface area contributed by atoms with Crippen LogP contribution in [0.25, 0.3) is 0 Å². The summed E-state index contributed by atoms with van der Waals surface area (Å²) in [5.74, 6) is 1.52. The van der Waals surface area contributed by atoms with Gasteiger partial charge in [-0.25, -0.2) is 0 Å². The summed E-state index contributed by atoms with van der Waals surface area (Å²) < 4.78 is 7.55. The number of nitrogens with zero attached hydrogens (tertiary/aromatic N) is 1. The van der Waals surface area contributed by atoms with Gasteiger partial charge in [-0.15, -0.1) is 12.4 Å². The second-order valence-corrected chi connectivity index (χ2v) is 8.06. The van der Waals surface area contributed by atoms with E-state index >= 15 is 0 Å². The van der Waals surface area contributed by atoms with Gasteiger partial charge in [0.05, 0.1) is 12.6 Å². The van der Waals surface area contributed by atoms with Crippen molar-refractivity contribution in [1.29, 1.82) is 0 Å². The summed E-state index contributed by atoms with van der Waals surface area (Å²) in [6.07, 6.45) is 2.99. The highest BCUT2D eigenvalue weighted by molar-refractivity contribution is 5.94. The van der Waals surface area contributed by atoms with Crippen molar-refractivity contribution in [3.63, 3.8) is 0 Å². The lowest BCUT2D eigenvalue weighted by molar-refractivity contribution is 0.0932. The third-order valence-electron chi connectivity index (χ3n) is 6.34. The number of carbonyl (C=O) groups excluding carboxylic acids is 1. The normalized spacial score (nSPS) is 24.3. The number of aromatic nitrogens is 1. The maximum atomic E-state index is 12.8. The largest absolute Gasteiger partial charge is 0.493 e. The van der Waals surface area contributed by atoms with Crippen LogP contribution in [-0.4, -0.2) is 36.7 Å². The molecule has 2 aromatic rings. The number of nitrogens with one attached hydrogen (secondary N) is 2. The van der Waals surface area contributed by atoms with E-state index in [9.17, 15) is 9.59 Å². The first-order valence-electron chi connectivity index (χ1n) is 10.2. The minimum Gasteiger partial charge on any atom is -0.493 e. The molecule has 0 spiro atoms. The van der Waals surface area contributed by atoms with E-state index in [0.717, 1.165) is 56.0 Å². The summed E-state index contributed by atoms with van der Waals surface area (Å²) in [5, 5.41) is 6.57. The molecule has 0 unspecified atom stereocenters. The molecule has 5 rings (SSSR count). The minimum absolute atomic E-state index is 0. The molecular formula is C22H26ClN3O3. The third kappa shape index (κ3) is 3.67. The van der Waals surface area contributed by atoms with Gasteiger partial charge in [0.25, 0.3) is 11.5 Å². The Morgan fingerprint density at radius 2 is 2.14 bits per heavy atom. The number of benzene rings is 1. The van der Waals surface area contributed by atoms with Crippen LogP contribution in [0, 0.1) is 5.92 Å². The van der Waals surface area contributed by atoms with Crippen molar-refractivity contribution < 1.29 is 9.53 Å². The third-order valence-corrected chi connectivity index (χ3v) is 6.34. The Morgan fingerprint density at radius 3 is 3.03 bits per heavy atom. The SMILES string of the molecule is Cl.O=C(NC[C@H]1[C@@H]2CNC[C@@H](C2)c2cccc(=O)n21)c1ccc2c(c1)CCCO2. The molecule has 2 N–H and O–H groups in total. The molecule has 6 nitrogen and oxygen atoms in total. The van der Waals surface area contributed by atoms with Crippen LogP contribution in [0.3, 0.4) is 0 Å². The molecule has 2 bridgehead atoms. The summed E-state index contributed by atoms with van der Waals surface area (Å²) in [6.45, 7) is 3.00. The van der Waals surface area contributed by atoms with E-state index in [1.807, 2.05) is 34.9 Å². The Kier molecular flexibility index (Phi) is 5.65. The quantitative estimate of drug-likeness (QED) is 0.806. The lowest BCUT2D eigenvalue weighted by Gasteiger charge is -2.43. The second kappa shape index (κ2) is 8.20. The van der Waals surface area contributed by atoms with Crippen molar-refractivity contribution in [2.75, 3.05) is 26.2 Å². The first-order valence-corrected chi connectivity index (χ1v) is 10.2. The van der Waals surface area contributed by atoms with Crippen LogP contribution in [0.1, 0.15) is 46.4 Å². The van der Waals surface area contributed by atoms with Crippen LogP contribution in [-0.2, 0) is 6.42 Å². The van der Waals surface area contributed by atoms with Crippen LogP contribution in [0.4, 0.5) is 0 Å². The van der Waals surface area contributed by atoms with E-state index in [4.69, 9.17) is 4.74 Å². The highest BCUT2D eigenvalue weighted by Crippen LogP contribution is 2.38. The molecule has 7 heteroatoms. The van der Waals surface area contributed by atoms with Crippen molar-refractivity contribution >= 4 is 18.3 Å².